The highest BCUT2D eigenvalue weighted by atomic mass is 15.2. The molecule has 0 aliphatic carbocycles. The summed E-state index contributed by atoms with van der Waals surface area (Å²) in [5, 5.41) is 9.77. The minimum atomic E-state index is 1.10. The summed E-state index contributed by atoms with van der Waals surface area (Å²) in [7, 11) is 0. The van der Waals surface area contributed by atoms with E-state index in [0.29, 0.717) is 0 Å². The van der Waals surface area contributed by atoms with Crippen molar-refractivity contribution < 1.29 is 0 Å². The van der Waals surface area contributed by atoms with E-state index < -0.39 is 0 Å². The third-order valence-corrected chi connectivity index (χ3v) is 9.33. The number of anilines is 6. The molecule has 0 atom stereocenters. The molecule has 2 nitrogen and oxygen atoms in total. The maximum absolute atomic E-state index is 2.41. The summed E-state index contributed by atoms with van der Waals surface area (Å²) in [6.07, 6.45) is 0. The summed E-state index contributed by atoms with van der Waals surface area (Å²) in [5.74, 6) is 0. The standard InChI is InChI=1S/C46H32N2/c1-3-19-37(20-4-1)47(45-41-23-11-7-15-33(41)31-34-16-8-12-24-42(34)45)39-27-29-40(30-28-39)48(38-21-5-2-6-22-38)46-43-25-13-9-17-35(43)32-36-18-10-14-26-44(36)46/h1-32H. The second-order valence-corrected chi connectivity index (χ2v) is 12.2. The van der Waals surface area contributed by atoms with Gasteiger partial charge in [-0.1, -0.05) is 133 Å². The average Bonchev–Trinajstić information content (AvgIpc) is 3.16. The Morgan fingerprint density at radius 1 is 0.229 bits per heavy atom. The van der Waals surface area contributed by atoms with E-state index in [-0.39, 0.29) is 0 Å². The predicted molar refractivity (Wildman–Crippen MR) is 206 cm³/mol. The Balaban J connectivity index is 1.28. The molecule has 0 saturated heterocycles. The first-order valence-corrected chi connectivity index (χ1v) is 16.4. The van der Waals surface area contributed by atoms with Gasteiger partial charge in [0.1, 0.15) is 0 Å². The van der Waals surface area contributed by atoms with Crippen LogP contribution in [-0.4, -0.2) is 0 Å². The van der Waals surface area contributed by atoms with Crippen LogP contribution in [0.25, 0.3) is 43.1 Å². The summed E-state index contributed by atoms with van der Waals surface area (Å²) in [6.45, 7) is 0. The second kappa shape index (κ2) is 11.8. The fraction of sp³-hybridized carbons (Fsp3) is 0. The van der Waals surface area contributed by atoms with Gasteiger partial charge in [-0.15, -0.1) is 0 Å². The van der Waals surface area contributed by atoms with Gasteiger partial charge in [0, 0.05) is 44.3 Å². The smallest absolute Gasteiger partial charge is 0.0618 e. The van der Waals surface area contributed by atoms with Gasteiger partial charge in [0.2, 0.25) is 0 Å². The lowest BCUT2D eigenvalue weighted by molar-refractivity contribution is 1.28. The van der Waals surface area contributed by atoms with E-state index in [2.05, 4.69) is 204 Å². The fourth-order valence-electron chi connectivity index (χ4n) is 7.18. The molecule has 0 bridgehead atoms. The fourth-order valence-corrected chi connectivity index (χ4v) is 7.18. The van der Waals surface area contributed by atoms with E-state index in [9.17, 15) is 0 Å². The summed E-state index contributed by atoms with van der Waals surface area (Å²) in [4.78, 5) is 4.82. The van der Waals surface area contributed by atoms with Crippen molar-refractivity contribution in [3.8, 4) is 0 Å². The minimum absolute atomic E-state index is 1.10. The quantitative estimate of drug-likeness (QED) is 0.172. The second-order valence-electron chi connectivity index (χ2n) is 12.2. The van der Waals surface area contributed by atoms with Crippen LogP contribution in [0, 0.1) is 0 Å². The van der Waals surface area contributed by atoms with Crippen LogP contribution in [0.2, 0.25) is 0 Å². The van der Waals surface area contributed by atoms with E-state index in [0.717, 1.165) is 22.7 Å². The molecule has 0 amide bonds. The van der Waals surface area contributed by atoms with E-state index >= 15 is 0 Å². The number of para-hydroxylation sites is 2. The van der Waals surface area contributed by atoms with Crippen LogP contribution in [0.3, 0.4) is 0 Å². The molecule has 9 aromatic rings. The number of rotatable bonds is 6. The summed E-state index contributed by atoms with van der Waals surface area (Å²) >= 11 is 0. The zero-order valence-electron chi connectivity index (χ0n) is 26.4. The molecule has 0 aliphatic heterocycles. The number of hydrogen-bond donors (Lipinski definition) is 0. The number of benzene rings is 9. The SMILES string of the molecule is c1ccc(N(c2ccc(N(c3ccccc3)c3c4ccccc4cc4ccccc34)cc2)c2c3ccccc3cc3ccccc23)cc1. The van der Waals surface area contributed by atoms with Crippen LogP contribution < -0.4 is 9.80 Å². The van der Waals surface area contributed by atoms with Crippen molar-refractivity contribution in [3.63, 3.8) is 0 Å². The molecular weight excluding hydrogens is 581 g/mol. The normalized spacial score (nSPS) is 11.3. The van der Waals surface area contributed by atoms with Crippen molar-refractivity contribution in [1.29, 1.82) is 0 Å². The Morgan fingerprint density at radius 3 is 0.792 bits per heavy atom. The first kappa shape index (κ1) is 27.9. The first-order chi connectivity index (χ1) is 23.8. The third-order valence-electron chi connectivity index (χ3n) is 9.33. The number of nitrogens with zero attached hydrogens (tertiary/aromatic N) is 2. The van der Waals surface area contributed by atoms with Crippen LogP contribution in [0.15, 0.2) is 194 Å². The third kappa shape index (κ3) is 4.74. The maximum atomic E-state index is 2.41. The number of hydrogen-bond acceptors (Lipinski definition) is 2. The zero-order valence-corrected chi connectivity index (χ0v) is 26.4. The highest BCUT2D eigenvalue weighted by Crippen LogP contribution is 2.47. The summed E-state index contributed by atoms with van der Waals surface area (Å²) in [6, 6.07) is 69.9. The van der Waals surface area contributed by atoms with Gasteiger partial charge >= 0.3 is 0 Å². The van der Waals surface area contributed by atoms with Gasteiger partial charge in [-0.25, -0.2) is 0 Å². The van der Waals surface area contributed by atoms with Gasteiger partial charge in [0.25, 0.3) is 0 Å². The van der Waals surface area contributed by atoms with Crippen molar-refractivity contribution >= 4 is 77.2 Å². The van der Waals surface area contributed by atoms with E-state index in [1.165, 1.54) is 54.5 Å². The van der Waals surface area contributed by atoms with Gasteiger partial charge in [0.15, 0.2) is 0 Å². The van der Waals surface area contributed by atoms with E-state index in [1.54, 1.807) is 0 Å². The van der Waals surface area contributed by atoms with Gasteiger partial charge in [-0.05, 0) is 82.2 Å². The molecule has 2 heteroatoms. The van der Waals surface area contributed by atoms with Crippen molar-refractivity contribution in [2.75, 3.05) is 9.80 Å². The Hall–Kier alpha value is -6.38. The summed E-state index contributed by atoms with van der Waals surface area (Å²) < 4.78 is 0. The molecule has 0 heterocycles. The molecule has 0 N–H and O–H groups in total. The molecule has 0 radical (unpaired) electrons. The predicted octanol–water partition coefficient (Wildman–Crippen LogP) is 13.2. The lowest BCUT2D eigenvalue weighted by atomic mass is 9.98. The molecule has 9 rings (SSSR count). The van der Waals surface area contributed by atoms with Crippen molar-refractivity contribution in [1.82, 2.24) is 0 Å². The van der Waals surface area contributed by atoms with Crippen LogP contribution in [-0.2, 0) is 0 Å². The molecule has 9 aromatic carbocycles. The average molecular weight is 613 g/mol. The van der Waals surface area contributed by atoms with Crippen molar-refractivity contribution in [2.24, 2.45) is 0 Å². The molecule has 48 heavy (non-hydrogen) atoms. The van der Waals surface area contributed by atoms with E-state index in [1.807, 2.05) is 0 Å². The first-order valence-electron chi connectivity index (χ1n) is 16.4. The Bertz CT molecular complexity index is 2270. The molecule has 0 unspecified atom stereocenters. The van der Waals surface area contributed by atoms with Crippen LogP contribution in [0.1, 0.15) is 0 Å². The Labute approximate surface area is 280 Å². The zero-order chi connectivity index (χ0) is 31.9. The molecule has 0 aromatic heterocycles. The molecule has 0 spiro atoms. The summed E-state index contributed by atoms with van der Waals surface area (Å²) in [5.41, 5.74) is 6.80. The van der Waals surface area contributed by atoms with Gasteiger partial charge in [0.05, 0.1) is 11.4 Å². The van der Waals surface area contributed by atoms with Gasteiger partial charge in [-0.2, -0.15) is 0 Å². The highest BCUT2D eigenvalue weighted by Gasteiger charge is 2.21. The largest absolute Gasteiger partial charge is 0.309 e. The molecule has 0 saturated carbocycles. The Kier molecular flexibility index (Phi) is 6.84. The molecular formula is C46H32N2. The Morgan fingerprint density at radius 2 is 0.479 bits per heavy atom. The minimum Gasteiger partial charge on any atom is -0.309 e. The van der Waals surface area contributed by atoms with Crippen molar-refractivity contribution in [3.05, 3.63) is 194 Å². The van der Waals surface area contributed by atoms with Crippen LogP contribution in [0.5, 0.6) is 0 Å². The molecule has 226 valence electrons. The highest BCUT2D eigenvalue weighted by molar-refractivity contribution is 6.15. The number of fused-ring (bicyclic) bond motifs is 4. The topological polar surface area (TPSA) is 6.48 Å². The lowest BCUT2D eigenvalue weighted by Gasteiger charge is -2.31. The van der Waals surface area contributed by atoms with E-state index in [4.69, 9.17) is 0 Å². The lowest BCUT2D eigenvalue weighted by Crippen LogP contribution is -2.13. The monoisotopic (exact) mass is 612 g/mol. The van der Waals surface area contributed by atoms with Crippen molar-refractivity contribution in [2.45, 2.75) is 0 Å². The van der Waals surface area contributed by atoms with Crippen LogP contribution >= 0.6 is 0 Å². The van der Waals surface area contributed by atoms with Gasteiger partial charge < -0.3 is 9.80 Å². The maximum Gasteiger partial charge on any atom is 0.0618 e. The molecule has 0 fully saturated rings. The van der Waals surface area contributed by atoms with Crippen LogP contribution in [0.4, 0.5) is 34.1 Å². The molecule has 0 aliphatic rings. The van der Waals surface area contributed by atoms with Gasteiger partial charge in [-0.3, -0.25) is 0 Å².